The Morgan fingerprint density at radius 3 is 2.39 bits per heavy atom. The van der Waals surface area contributed by atoms with Crippen LogP contribution in [-0.4, -0.2) is 45.4 Å². The van der Waals surface area contributed by atoms with Crippen LogP contribution in [0.5, 0.6) is 0 Å². The fourth-order valence-corrected chi connectivity index (χ4v) is 2.97. The zero-order chi connectivity index (χ0) is 17.6. The molecule has 1 aliphatic rings. The van der Waals surface area contributed by atoms with E-state index in [4.69, 9.17) is 5.73 Å². The molecule has 1 aromatic rings. The van der Waals surface area contributed by atoms with Gasteiger partial charge in [-0.15, -0.1) is 0 Å². The maximum atomic E-state index is 13.2. The molecular formula is C15H23F3N4O. The van der Waals surface area contributed by atoms with Crippen LogP contribution in [0.3, 0.4) is 0 Å². The van der Waals surface area contributed by atoms with E-state index in [1.807, 2.05) is 20.8 Å². The number of carbonyl (C=O) groups is 1. The van der Waals surface area contributed by atoms with Crippen LogP contribution in [0.1, 0.15) is 49.8 Å². The standard InChI is InChI=1S/C15H23F3N4O/c1-9-7-11(20-22(9)14(2,3)4)13(23)21-8-10(19)5-6-12(21)15(16,17)18/h7,10,12H,5-6,8,19H2,1-4H3/t10-,12+/m1/s1. The third-order valence-corrected chi connectivity index (χ3v) is 4.00. The second-order valence-corrected chi connectivity index (χ2v) is 7.11. The van der Waals surface area contributed by atoms with Gasteiger partial charge in [-0.2, -0.15) is 18.3 Å². The number of amides is 1. The van der Waals surface area contributed by atoms with E-state index in [1.165, 1.54) is 6.07 Å². The first-order chi connectivity index (χ1) is 10.4. The van der Waals surface area contributed by atoms with Gasteiger partial charge in [0.15, 0.2) is 5.69 Å². The molecule has 1 aromatic heterocycles. The van der Waals surface area contributed by atoms with Crippen molar-refractivity contribution in [1.29, 1.82) is 0 Å². The van der Waals surface area contributed by atoms with Crippen molar-refractivity contribution in [2.45, 2.75) is 64.3 Å². The minimum Gasteiger partial charge on any atom is -0.326 e. The fraction of sp³-hybridized carbons (Fsp3) is 0.733. The fourth-order valence-electron chi connectivity index (χ4n) is 2.97. The van der Waals surface area contributed by atoms with Crippen molar-refractivity contribution in [2.75, 3.05) is 6.54 Å². The quantitative estimate of drug-likeness (QED) is 0.859. The van der Waals surface area contributed by atoms with Gasteiger partial charge in [-0.3, -0.25) is 9.48 Å². The van der Waals surface area contributed by atoms with E-state index in [2.05, 4.69) is 5.10 Å². The lowest BCUT2D eigenvalue weighted by Gasteiger charge is -2.38. The van der Waals surface area contributed by atoms with E-state index in [1.54, 1.807) is 11.6 Å². The normalized spacial score (nSPS) is 23.2. The molecule has 23 heavy (non-hydrogen) atoms. The minimum absolute atomic E-state index is 0.0285. The third-order valence-electron chi connectivity index (χ3n) is 4.00. The molecule has 0 spiro atoms. The average molecular weight is 332 g/mol. The predicted molar refractivity (Wildman–Crippen MR) is 80.0 cm³/mol. The van der Waals surface area contributed by atoms with Crippen molar-refractivity contribution < 1.29 is 18.0 Å². The van der Waals surface area contributed by atoms with E-state index in [0.29, 0.717) is 0 Å². The lowest BCUT2D eigenvalue weighted by Crippen LogP contribution is -2.56. The summed E-state index contributed by atoms with van der Waals surface area (Å²) in [6.45, 7) is 7.41. The predicted octanol–water partition coefficient (Wildman–Crippen LogP) is 2.44. The molecule has 0 radical (unpaired) electrons. The van der Waals surface area contributed by atoms with Crippen LogP contribution in [0.2, 0.25) is 0 Å². The van der Waals surface area contributed by atoms with Gasteiger partial charge in [0.05, 0.1) is 5.54 Å². The summed E-state index contributed by atoms with van der Waals surface area (Å²) in [5.74, 6) is -0.714. The average Bonchev–Trinajstić information content (AvgIpc) is 2.78. The molecule has 1 fully saturated rings. The number of aromatic nitrogens is 2. The molecule has 1 amide bonds. The van der Waals surface area contributed by atoms with Gasteiger partial charge in [-0.05, 0) is 46.6 Å². The van der Waals surface area contributed by atoms with Crippen molar-refractivity contribution >= 4 is 5.91 Å². The van der Waals surface area contributed by atoms with Gasteiger partial charge in [-0.1, -0.05) is 0 Å². The molecule has 2 N–H and O–H groups in total. The number of piperidine rings is 1. The van der Waals surface area contributed by atoms with E-state index in [0.717, 1.165) is 10.6 Å². The Balaban J connectivity index is 2.34. The van der Waals surface area contributed by atoms with Gasteiger partial charge >= 0.3 is 6.18 Å². The molecule has 2 atom stereocenters. The summed E-state index contributed by atoms with van der Waals surface area (Å²) < 4.78 is 41.3. The summed E-state index contributed by atoms with van der Waals surface area (Å²) in [6, 6.07) is -0.709. The topological polar surface area (TPSA) is 64.2 Å². The number of halogens is 3. The van der Waals surface area contributed by atoms with Crippen LogP contribution < -0.4 is 5.73 Å². The largest absolute Gasteiger partial charge is 0.408 e. The van der Waals surface area contributed by atoms with Gasteiger partial charge in [0, 0.05) is 18.3 Å². The summed E-state index contributed by atoms with van der Waals surface area (Å²) >= 11 is 0. The van der Waals surface area contributed by atoms with Gasteiger partial charge in [0.1, 0.15) is 6.04 Å². The third kappa shape index (κ3) is 3.68. The Bertz CT molecular complexity index is 589. The molecule has 0 bridgehead atoms. The maximum Gasteiger partial charge on any atom is 0.408 e. The number of carbonyl (C=O) groups excluding carboxylic acids is 1. The molecule has 2 rings (SSSR count). The molecule has 1 aliphatic heterocycles. The summed E-state index contributed by atoms with van der Waals surface area (Å²) in [5, 5.41) is 4.22. The highest BCUT2D eigenvalue weighted by Gasteiger charge is 2.48. The number of nitrogens with zero attached hydrogens (tertiary/aromatic N) is 3. The van der Waals surface area contributed by atoms with Gasteiger partial charge < -0.3 is 10.6 Å². The Morgan fingerprint density at radius 1 is 1.30 bits per heavy atom. The van der Waals surface area contributed by atoms with Crippen LogP contribution in [0.4, 0.5) is 13.2 Å². The van der Waals surface area contributed by atoms with Crippen LogP contribution in [-0.2, 0) is 5.54 Å². The number of alkyl halides is 3. The molecule has 2 heterocycles. The van der Waals surface area contributed by atoms with Crippen molar-refractivity contribution in [3.8, 4) is 0 Å². The Kier molecular flexibility index (Phi) is 4.49. The Labute approximate surface area is 133 Å². The first-order valence-electron chi connectivity index (χ1n) is 7.61. The number of likely N-dealkylation sites (tertiary alicyclic amines) is 1. The lowest BCUT2D eigenvalue weighted by molar-refractivity contribution is -0.184. The monoisotopic (exact) mass is 332 g/mol. The van der Waals surface area contributed by atoms with Crippen LogP contribution in [0.25, 0.3) is 0 Å². The van der Waals surface area contributed by atoms with Crippen molar-refractivity contribution in [1.82, 2.24) is 14.7 Å². The summed E-state index contributed by atoms with van der Waals surface area (Å²) in [7, 11) is 0. The van der Waals surface area contributed by atoms with Crippen molar-refractivity contribution in [2.24, 2.45) is 5.73 Å². The maximum absolute atomic E-state index is 13.2. The highest BCUT2D eigenvalue weighted by atomic mass is 19.4. The smallest absolute Gasteiger partial charge is 0.326 e. The number of hydrogen-bond donors (Lipinski definition) is 1. The SMILES string of the molecule is Cc1cc(C(=O)N2C[C@H](N)CC[C@H]2C(F)(F)F)nn1C(C)(C)C. The number of nitrogens with two attached hydrogens (primary N) is 1. The highest BCUT2D eigenvalue weighted by molar-refractivity contribution is 5.92. The highest BCUT2D eigenvalue weighted by Crippen LogP contribution is 2.32. The number of hydrogen-bond acceptors (Lipinski definition) is 3. The lowest BCUT2D eigenvalue weighted by atomic mass is 9.98. The molecule has 5 nitrogen and oxygen atoms in total. The Hall–Kier alpha value is -1.57. The molecule has 0 aromatic carbocycles. The molecule has 0 saturated carbocycles. The second kappa shape index (κ2) is 5.81. The zero-order valence-electron chi connectivity index (χ0n) is 13.8. The summed E-state index contributed by atoms with van der Waals surface area (Å²) in [5.41, 5.74) is 6.16. The first-order valence-corrected chi connectivity index (χ1v) is 7.61. The number of aryl methyl sites for hydroxylation is 1. The molecule has 0 aliphatic carbocycles. The van der Waals surface area contributed by atoms with Crippen LogP contribution in [0.15, 0.2) is 6.07 Å². The number of rotatable bonds is 1. The molecule has 130 valence electrons. The minimum atomic E-state index is -4.46. The van der Waals surface area contributed by atoms with Crippen LogP contribution >= 0.6 is 0 Å². The zero-order valence-corrected chi connectivity index (χ0v) is 13.8. The molecule has 0 unspecified atom stereocenters. The molecular weight excluding hydrogens is 309 g/mol. The van der Waals surface area contributed by atoms with Gasteiger partial charge in [0.25, 0.3) is 5.91 Å². The Morgan fingerprint density at radius 2 is 1.91 bits per heavy atom. The molecule has 1 saturated heterocycles. The van der Waals surface area contributed by atoms with E-state index in [9.17, 15) is 18.0 Å². The van der Waals surface area contributed by atoms with E-state index < -0.39 is 24.2 Å². The summed E-state index contributed by atoms with van der Waals surface area (Å²) in [4.78, 5) is 13.4. The van der Waals surface area contributed by atoms with Gasteiger partial charge in [0.2, 0.25) is 0 Å². The molecule has 8 heteroatoms. The van der Waals surface area contributed by atoms with Crippen molar-refractivity contribution in [3.05, 3.63) is 17.5 Å². The summed E-state index contributed by atoms with van der Waals surface area (Å²) in [6.07, 6.45) is -4.38. The van der Waals surface area contributed by atoms with E-state index in [-0.39, 0.29) is 30.6 Å². The van der Waals surface area contributed by atoms with Gasteiger partial charge in [-0.25, -0.2) is 0 Å². The second-order valence-electron chi connectivity index (χ2n) is 7.11. The first kappa shape index (κ1) is 17.8. The van der Waals surface area contributed by atoms with Crippen molar-refractivity contribution in [3.63, 3.8) is 0 Å². The van der Waals surface area contributed by atoms with E-state index >= 15 is 0 Å². The van der Waals surface area contributed by atoms with Crippen LogP contribution in [0, 0.1) is 6.92 Å².